The van der Waals surface area contributed by atoms with Gasteiger partial charge in [0.2, 0.25) is 0 Å². The molecule has 160 valence electrons. The first-order valence-electron chi connectivity index (χ1n) is 10.5. The Labute approximate surface area is 177 Å². The van der Waals surface area contributed by atoms with Gasteiger partial charge in [-0.2, -0.15) is 0 Å². The number of urea groups is 1. The van der Waals surface area contributed by atoms with Crippen LogP contribution in [-0.4, -0.2) is 46.7 Å². The topological polar surface area (TPSA) is 78.9 Å². The van der Waals surface area contributed by atoms with Crippen LogP contribution >= 0.6 is 0 Å². The van der Waals surface area contributed by atoms with Gasteiger partial charge in [0.25, 0.3) is 5.91 Å². The summed E-state index contributed by atoms with van der Waals surface area (Å²) in [5, 5.41) is 13.4. The number of ether oxygens (including phenoxy) is 1. The predicted molar refractivity (Wildman–Crippen MR) is 115 cm³/mol. The molecule has 0 saturated carbocycles. The number of aliphatic hydroxyl groups excluding tert-OH is 1. The van der Waals surface area contributed by atoms with E-state index in [-0.39, 0.29) is 25.2 Å². The maximum Gasteiger partial charge on any atom is 0.325 e. The lowest BCUT2D eigenvalue weighted by Crippen LogP contribution is -2.46. The van der Waals surface area contributed by atoms with Gasteiger partial charge in [0.05, 0.1) is 19.3 Å². The monoisotopic (exact) mass is 410 g/mol. The molecular weight excluding hydrogens is 380 g/mol. The van der Waals surface area contributed by atoms with Crippen molar-refractivity contribution < 1.29 is 19.4 Å². The lowest BCUT2D eigenvalue weighted by Gasteiger charge is -2.25. The lowest BCUT2D eigenvalue weighted by molar-refractivity contribution is -0.133. The minimum Gasteiger partial charge on any atom is -0.389 e. The van der Waals surface area contributed by atoms with Crippen LogP contribution in [-0.2, 0) is 9.53 Å². The Bertz CT molecular complexity index is 880. The maximum atomic E-state index is 12.8. The van der Waals surface area contributed by atoms with E-state index in [2.05, 4.69) is 5.32 Å². The zero-order valence-electron chi connectivity index (χ0n) is 17.8. The highest BCUT2D eigenvalue weighted by Crippen LogP contribution is 2.29. The van der Waals surface area contributed by atoms with Gasteiger partial charge >= 0.3 is 6.03 Å². The van der Waals surface area contributed by atoms with Crippen molar-refractivity contribution in [1.29, 1.82) is 0 Å². The zero-order chi connectivity index (χ0) is 21.7. The lowest BCUT2D eigenvalue weighted by atomic mass is 9.93. The third-order valence-electron chi connectivity index (χ3n) is 5.87. The second kappa shape index (κ2) is 9.41. The van der Waals surface area contributed by atoms with E-state index in [0.29, 0.717) is 12.8 Å². The second-order valence-electron chi connectivity index (χ2n) is 7.77. The number of nitrogens with one attached hydrogen (secondary N) is 1. The summed E-state index contributed by atoms with van der Waals surface area (Å²) in [4.78, 5) is 26.2. The summed E-state index contributed by atoms with van der Waals surface area (Å²) in [6.07, 6.45) is -0.309. The number of imide groups is 1. The van der Waals surface area contributed by atoms with Crippen molar-refractivity contribution in [2.24, 2.45) is 0 Å². The Balaban J connectivity index is 1.71. The van der Waals surface area contributed by atoms with Crippen LogP contribution in [0.2, 0.25) is 0 Å². The van der Waals surface area contributed by atoms with E-state index in [1.807, 2.05) is 75.4 Å². The molecule has 3 rings (SSSR count). The standard InChI is InChI=1S/C24H30N2O4/c1-4-24(5-2)22(28)26(23(29)25-24)15-19(27)16-30-21(18-12-7-6-8-13-18)20-14-10-9-11-17(20)3/h6-14,19,21,27H,4-5,15-16H2,1-3H3,(H,25,29)/t19-,21+/m0/s1. The quantitative estimate of drug-likeness (QED) is 0.620. The van der Waals surface area contributed by atoms with E-state index in [1.165, 1.54) is 0 Å². The van der Waals surface area contributed by atoms with E-state index in [9.17, 15) is 14.7 Å². The summed E-state index contributed by atoms with van der Waals surface area (Å²) < 4.78 is 6.12. The van der Waals surface area contributed by atoms with Crippen LogP contribution in [0.25, 0.3) is 0 Å². The van der Waals surface area contributed by atoms with Gasteiger partial charge in [0.1, 0.15) is 11.6 Å². The molecule has 2 aromatic carbocycles. The third kappa shape index (κ3) is 4.40. The average molecular weight is 411 g/mol. The Morgan fingerprint density at radius 2 is 1.67 bits per heavy atom. The molecule has 6 heteroatoms. The van der Waals surface area contributed by atoms with Crippen molar-refractivity contribution in [2.45, 2.75) is 51.4 Å². The number of hydrogen-bond acceptors (Lipinski definition) is 4. The number of carbonyl (C=O) groups is 2. The zero-order valence-corrected chi connectivity index (χ0v) is 17.8. The highest BCUT2D eigenvalue weighted by molar-refractivity contribution is 6.07. The fraction of sp³-hybridized carbons (Fsp3) is 0.417. The molecule has 0 bridgehead atoms. The molecular formula is C24H30N2O4. The summed E-state index contributed by atoms with van der Waals surface area (Å²) in [5.41, 5.74) is 2.21. The fourth-order valence-electron chi connectivity index (χ4n) is 3.92. The molecule has 1 aliphatic heterocycles. The largest absolute Gasteiger partial charge is 0.389 e. The summed E-state index contributed by atoms with van der Waals surface area (Å²) in [7, 11) is 0. The Morgan fingerprint density at radius 1 is 1.03 bits per heavy atom. The molecule has 1 aliphatic rings. The van der Waals surface area contributed by atoms with Crippen LogP contribution in [0.4, 0.5) is 4.79 Å². The number of aryl methyl sites for hydroxylation is 1. The van der Waals surface area contributed by atoms with Crippen molar-refractivity contribution in [3.05, 3.63) is 71.3 Å². The van der Waals surface area contributed by atoms with E-state index in [4.69, 9.17) is 4.74 Å². The van der Waals surface area contributed by atoms with E-state index in [1.54, 1.807) is 0 Å². The average Bonchev–Trinajstić information content (AvgIpc) is 3.00. The first-order chi connectivity index (χ1) is 14.4. The van der Waals surface area contributed by atoms with Crippen molar-refractivity contribution in [2.75, 3.05) is 13.2 Å². The van der Waals surface area contributed by atoms with Gasteiger partial charge in [-0.05, 0) is 36.5 Å². The van der Waals surface area contributed by atoms with Crippen molar-refractivity contribution in [3.8, 4) is 0 Å². The number of amides is 3. The number of aliphatic hydroxyl groups is 1. The molecule has 3 amide bonds. The van der Waals surface area contributed by atoms with E-state index >= 15 is 0 Å². The van der Waals surface area contributed by atoms with Crippen LogP contribution in [0.3, 0.4) is 0 Å². The predicted octanol–water partition coefficient (Wildman–Crippen LogP) is 3.57. The number of hydrogen-bond donors (Lipinski definition) is 2. The van der Waals surface area contributed by atoms with Gasteiger partial charge in [-0.1, -0.05) is 68.4 Å². The number of nitrogens with zero attached hydrogens (tertiary/aromatic N) is 1. The Morgan fingerprint density at radius 3 is 2.27 bits per heavy atom. The molecule has 1 saturated heterocycles. The van der Waals surface area contributed by atoms with Crippen LogP contribution in [0.5, 0.6) is 0 Å². The first-order valence-corrected chi connectivity index (χ1v) is 10.5. The van der Waals surface area contributed by atoms with Gasteiger partial charge in [-0.15, -0.1) is 0 Å². The molecule has 0 spiro atoms. The third-order valence-corrected chi connectivity index (χ3v) is 5.87. The molecule has 30 heavy (non-hydrogen) atoms. The molecule has 2 N–H and O–H groups in total. The van der Waals surface area contributed by atoms with Crippen LogP contribution in [0, 0.1) is 6.92 Å². The van der Waals surface area contributed by atoms with Gasteiger partial charge in [0.15, 0.2) is 0 Å². The molecule has 1 heterocycles. The summed E-state index contributed by atoms with van der Waals surface area (Å²) in [6, 6.07) is 17.3. The molecule has 0 unspecified atom stereocenters. The number of carbonyl (C=O) groups excluding carboxylic acids is 2. The summed E-state index contributed by atoms with van der Waals surface area (Å²) in [6.45, 7) is 5.67. The number of β-amino-alcohol motifs (C(OH)–C–C–N with tert-alkyl or cyclic N) is 1. The Kier molecular flexibility index (Phi) is 6.90. The summed E-state index contributed by atoms with van der Waals surface area (Å²) >= 11 is 0. The molecule has 0 radical (unpaired) electrons. The van der Waals surface area contributed by atoms with E-state index < -0.39 is 17.7 Å². The van der Waals surface area contributed by atoms with Gasteiger partial charge < -0.3 is 15.2 Å². The number of benzene rings is 2. The molecule has 1 fully saturated rings. The molecule has 2 aromatic rings. The molecule has 2 atom stereocenters. The maximum absolute atomic E-state index is 12.8. The van der Waals surface area contributed by atoms with Crippen molar-refractivity contribution in [3.63, 3.8) is 0 Å². The van der Waals surface area contributed by atoms with Crippen molar-refractivity contribution >= 4 is 11.9 Å². The highest BCUT2D eigenvalue weighted by Gasteiger charge is 2.49. The van der Waals surface area contributed by atoms with Crippen LogP contribution in [0.15, 0.2) is 54.6 Å². The molecule has 6 nitrogen and oxygen atoms in total. The second-order valence-corrected chi connectivity index (χ2v) is 7.77. The van der Waals surface area contributed by atoms with Gasteiger partial charge in [-0.25, -0.2) is 4.79 Å². The van der Waals surface area contributed by atoms with E-state index in [0.717, 1.165) is 21.6 Å². The first kappa shape index (κ1) is 22.0. The summed E-state index contributed by atoms with van der Waals surface area (Å²) in [5.74, 6) is -0.282. The van der Waals surface area contributed by atoms with Crippen molar-refractivity contribution in [1.82, 2.24) is 10.2 Å². The molecule has 0 aliphatic carbocycles. The van der Waals surface area contributed by atoms with Gasteiger partial charge in [-0.3, -0.25) is 9.69 Å². The highest BCUT2D eigenvalue weighted by atomic mass is 16.5. The minimum absolute atomic E-state index is 0.00376. The van der Waals surface area contributed by atoms with Crippen LogP contribution in [0.1, 0.15) is 49.5 Å². The Hall–Kier alpha value is -2.70. The number of rotatable bonds is 9. The SMILES string of the molecule is CCC1(CC)NC(=O)N(C[C@H](O)CO[C@H](c2ccccc2)c2ccccc2C)C1=O. The minimum atomic E-state index is -0.987. The van der Waals surface area contributed by atoms with Crippen LogP contribution < -0.4 is 5.32 Å². The molecule has 0 aromatic heterocycles. The fourth-order valence-corrected chi connectivity index (χ4v) is 3.92. The van der Waals surface area contributed by atoms with Gasteiger partial charge in [0, 0.05) is 0 Å². The normalized spacial score (nSPS) is 17.7. The smallest absolute Gasteiger partial charge is 0.325 e.